The van der Waals surface area contributed by atoms with Crippen molar-refractivity contribution in [1.82, 2.24) is 10.2 Å². The number of nitrogens with one attached hydrogen (secondary N) is 1. The summed E-state index contributed by atoms with van der Waals surface area (Å²) in [6.07, 6.45) is 5.45. The molecule has 0 heterocycles. The third-order valence-electron chi connectivity index (χ3n) is 7.92. The van der Waals surface area contributed by atoms with Gasteiger partial charge in [0.15, 0.2) is 0 Å². The highest BCUT2D eigenvalue weighted by Crippen LogP contribution is 2.30. The zero-order valence-corrected chi connectivity index (χ0v) is 27.2. The van der Waals surface area contributed by atoms with Gasteiger partial charge in [0.2, 0.25) is 11.8 Å². The number of halogens is 2. The Morgan fingerprint density at radius 2 is 1.53 bits per heavy atom. The molecule has 0 radical (unpaired) electrons. The van der Waals surface area contributed by atoms with E-state index in [9.17, 15) is 18.0 Å². The van der Waals surface area contributed by atoms with Crippen molar-refractivity contribution in [3.8, 4) is 0 Å². The predicted molar refractivity (Wildman–Crippen MR) is 173 cm³/mol. The molecular formula is C33H39Cl2N3O4S. The molecule has 1 fully saturated rings. The van der Waals surface area contributed by atoms with Crippen LogP contribution in [0.15, 0.2) is 71.6 Å². The summed E-state index contributed by atoms with van der Waals surface area (Å²) in [5.41, 5.74) is 2.62. The van der Waals surface area contributed by atoms with Crippen molar-refractivity contribution in [3.05, 3.63) is 93.5 Å². The van der Waals surface area contributed by atoms with Crippen LogP contribution in [0.5, 0.6) is 0 Å². The summed E-state index contributed by atoms with van der Waals surface area (Å²) >= 11 is 12.3. The number of aryl methyl sites for hydroxylation is 2. The largest absolute Gasteiger partial charge is 0.352 e. The quantitative estimate of drug-likeness (QED) is 0.242. The first-order valence-electron chi connectivity index (χ1n) is 14.7. The minimum absolute atomic E-state index is 0.0617. The Bertz CT molecular complexity index is 1520. The molecule has 1 saturated carbocycles. The second-order valence-electron chi connectivity index (χ2n) is 11.2. The minimum atomic E-state index is -4.16. The van der Waals surface area contributed by atoms with Crippen LogP contribution in [0, 0.1) is 13.8 Å². The second kappa shape index (κ2) is 14.6. The van der Waals surface area contributed by atoms with E-state index >= 15 is 0 Å². The molecule has 3 aromatic carbocycles. The van der Waals surface area contributed by atoms with E-state index in [2.05, 4.69) is 5.32 Å². The van der Waals surface area contributed by atoms with Gasteiger partial charge in [-0.15, -0.1) is 0 Å². The van der Waals surface area contributed by atoms with Crippen molar-refractivity contribution >= 4 is 50.7 Å². The first-order valence-corrected chi connectivity index (χ1v) is 16.9. The number of hydrogen-bond acceptors (Lipinski definition) is 4. The number of amides is 2. The monoisotopic (exact) mass is 643 g/mol. The Balaban J connectivity index is 1.72. The van der Waals surface area contributed by atoms with Crippen molar-refractivity contribution in [1.29, 1.82) is 0 Å². The summed E-state index contributed by atoms with van der Waals surface area (Å²) < 4.78 is 29.3. The van der Waals surface area contributed by atoms with Crippen molar-refractivity contribution < 1.29 is 18.0 Å². The molecule has 43 heavy (non-hydrogen) atoms. The Labute approximate surface area is 265 Å². The van der Waals surface area contributed by atoms with Crippen LogP contribution in [-0.2, 0) is 26.2 Å². The van der Waals surface area contributed by atoms with Crippen LogP contribution in [0.25, 0.3) is 0 Å². The SMILES string of the molecule is CC[C@H](C(=O)NC1CCCCC1)N(Cc1ccc(Cl)cc1)C(=O)CN(c1ccc(Cl)cc1C)S(=O)(=O)c1ccc(C)cc1. The molecule has 0 unspecified atom stereocenters. The summed E-state index contributed by atoms with van der Waals surface area (Å²) in [6, 6.07) is 17.7. The molecule has 10 heteroatoms. The van der Waals surface area contributed by atoms with E-state index in [1.807, 2.05) is 13.8 Å². The number of carbonyl (C=O) groups excluding carboxylic acids is 2. The molecule has 2 amide bonds. The summed E-state index contributed by atoms with van der Waals surface area (Å²) in [6.45, 7) is 5.10. The fraction of sp³-hybridized carbons (Fsp3) is 0.394. The van der Waals surface area contributed by atoms with Gasteiger partial charge in [0.05, 0.1) is 10.6 Å². The van der Waals surface area contributed by atoms with Gasteiger partial charge >= 0.3 is 0 Å². The maximum absolute atomic E-state index is 14.3. The van der Waals surface area contributed by atoms with E-state index in [-0.39, 0.29) is 23.4 Å². The molecule has 3 aromatic rings. The highest BCUT2D eigenvalue weighted by molar-refractivity contribution is 7.92. The molecule has 0 aliphatic heterocycles. The number of benzene rings is 3. The van der Waals surface area contributed by atoms with E-state index in [0.717, 1.165) is 47.5 Å². The van der Waals surface area contributed by atoms with Gasteiger partial charge in [0.25, 0.3) is 10.0 Å². The number of hydrogen-bond donors (Lipinski definition) is 1. The van der Waals surface area contributed by atoms with Crippen LogP contribution in [0.3, 0.4) is 0 Å². The zero-order valence-electron chi connectivity index (χ0n) is 24.9. The van der Waals surface area contributed by atoms with E-state index < -0.39 is 28.5 Å². The van der Waals surface area contributed by atoms with Gasteiger partial charge < -0.3 is 10.2 Å². The maximum Gasteiger partial charge on any atom is 0.264 e. The molecule has 0 bridgehead atoms. The number of nitrogens with zero attached hydrogens (tertiary/aromatic N) is 2. The second-order valence-corrected chi connectivity index (χ2v) is 13.9. The van der Waals surface area contributed by atoms with E-state index in [1.54, 1.807) is 61.5 Å². The molecule has 230 valence electrons. The highest BCUT2D eigenvalue weighted by Gasteiger charge is 2.35. The zero-order chi connectivity index (χ0) is 31.1. The topological polar surface area (TPSA) is 86.8 Å². The maximum atomic E-state index is 14.3. The smallest absolute Gasteiger partial charge is 0.264 e. The fourth-order valence-electron chi connectivity index (χ4n) is 5.50. The standard InChI is InChI=1S/C33H39Cl2N3O4S/c1-4-30(33(40)36-28-8-6-5-7-9-28)37(21-25-12-14-26(34)15-13-25)32(39)22-38(31-19-16-27(35)20-24(31)3)43(41,42)29-17-10-23(2)11-18-29/h10-20,28,30H,4-9,21-22H2,1-3H3,(H,36,40)/t30-/m1/s1. The van der Waals surface area contributed by atoms with Crippen molar-refractivity contribution in [2.75, 3.05) is 10.8 Å². The molecule has 1 aliphatic rings. The van der Waals surface area contributed by atoms with E-state index in [4.69, 9.17) is 23.2 Å². The lowest BCUT2D eigenvalue weighted by atomic mass is 9.95. The molecule has 7 nitrogen and oxygen atoms in total. The van der Waals surface area contributed by atoms with Gasteiger partial charge in [-0.2, -0.15) is 0 Å². The Morgan fingerprint density at radius 1 is 0.907 bits per heavy atom. The average Bonchev–Trinajstić information content (AvgIpc) is 2.98. The third-order valence-corrected chi connectivity index (χ3v) is 10.2. The summed E-state index contributed by atoms with van der Waals surface area (Å²) in [5, 5.41) is 4.17. The van der Waals surface area contributed by atoms with Gasteiger partial charge in [-0.1, -0.05) is 79.2 Å². The van der Waals surface area contributed by atoms with Crippen LogP contribution < -0.4 is 9.62 Å². The van der Waals surface area contributed by atoms with E-state index in [1.165, 1.54) is 17.0 Å². The van der Waals surface area contributed by atoms with Crippen LogP contribution >= 0.6 is 23.2 Å². The van der Waals surface area contributed by atoms with Gasteiger partial charge in [0, 0.05) is 22.6 Å². The number of carbonyl (C=O) groups is 2. The number of anilines is 1. The lowest BCUT2D eigenvalue weighted by Gasteiger charge is -2.34. The molecule has 1 aliphatic carbocycles. The van der Waals surface area contributed by atoms with Crippen LogP contribution in [-0.4, -0.2) is 43.8 Å². The molecule has 0 saturated heterocycles. The molecule has 4 rings (SSSR count). The summed E-state index contributed by atoms with van der Waals surface area (Å²) in [7, 11) is -4.16. The fourth-order valence-corrected chi connectivity index (χ4v) is 7.33. The average molecular weight is 645 g/mol. The van der Waals surface area contributed by atoms with Crippen LogP contribution in [0.4, 0.5) is 5.69 Å². The van der Waals surface area contributed by atoms with Gasteiger partial charge in [0.1, 0.15) is 12.6 Å². The van der Waals surface area contributed by atoms with Crippen LogP contribution in [0.2, 0.25) is 10.0 Å². The Morgan fingerprint density at radius 3 is 2.14 bits per heavy atom. The van der Waals surface area contributed by atoms with Crippen molar-refractivity contribution in [2.45, 2.75) is 82.8 Å². The highest BCUT2D eigenvalue weighted by atomic mass is 35.5. The minimum Gasteiger partial charge on any atom is -0.352 e. The predicted octanol–water partition coefficient (Wildman–Crippen LogP) is 7.06. The Hall–Kier alpha value is -3.07. The normalized spacial score (nSPS) is 14.6. The third kappa shape index (κ3) is 8.31. The number of sulfonamides is 1. The van der Waals surface area contributed by atoms with Gasteiger partial charge in [-0.25, -0.2) is 8.42 Å². The Kier molecular flexibility index (Phi) is 11.2. The summed E-state index contributed by atoms with van der Waals surface area (Å²) in [4.78, 5) is 29.5. The van der Waals surface area contributed by atoms with Gasteiger partial charge in [-0.05, 0) is 86.7 Å². The number of rotatable bonds is 11. The first-order chi connectivity index (χ1) is 20.5. The van der Waals surface area contributed by atoms with E-state index in [0.29, 0.717) is 27.7 Å². The molecule has 1 N–H and O–H groups in total. The molecule has 1 atom stereocenters. The lowest BCUT2D eigenvalue weighted by molar-refractivity contribution is -0.140. The summed E-state index contributed by atoms with van der Waals surface area (Å²) in [5.74, 6) is -0.724. The molecule has 0 spiro atoms. The van der Waals surface area contributed by atoms with Crippen molar-refractivity contribution in [3.63, 3.8) is 0 Å². The van der Waals surface area contributed by atoms with Crippen LogP contribution in [0.1, 0.15) is 62.1 Å². The van der Waals surface area contributed by atoms with Gasteiger partial charge in [-0.3, -0.25) is 13.9 Å². The van der Waals surface area contributed by atoms with Crippen molar-refractivity contribution in [2.24, 2.45) is 0 Å². The molecule has 0 aromatic heterocycles. The first kappa shape index (κ1) is 32.8. The lowest BCUT2D eigenvalue weighted by Crippen LogP contribution is -2.54. The molecular weight excluding hydrogens is 605 g/mol.